The smallest absolute Gasteiger partial charge is 0.0556 e. The van der Waals surface area contributed by atoms with Gasteiger partial charge in [-0.15, -0.1) is 0 Å². The molecule has 3 aromatic rings. The molecule has 0 aromatic heterocycles. The number of hydrogen-bond donors (Lipinski definition) is 0. The summed E-state index contributed by atoms with van der Waals surface area (Å²) in [5, 5.41) is 0. The van der Waals surface area contributed by atoms with E-state index in [2.05, 4.69) is 85.5 Å². The molecule has 0 aliphatic carbocycles. The Kier molecular flexibility index (Phi) is 11.5. The van der Waals surface area contributed by atoms with E-state index < -0.39 is 0 Å². The lowest BCUT2D eigenvalue weighted by Gasteiger charge is -2.33. The molecule has 1 heterocycles. The summed E-state index contributed by atoms with van der Waals surface area (Å²) in [6, 6.07) is 25.4. The number of unbranched alkanes of at least 4 members (excludes halogenated alkanes) is 10. The van der Waals surface area contributed by atoms with Crippen molar-refractivity contribution in [1.82, 2.24) is 0 Å². The zero-order valence-corrected chi connectivity index (χ0v) is 24.1. The number of anilines is 2. The highest BCUT2D eigenvalue weighted by atomic mass is 32.2. The predicted octanol–water partition coefficient (Wildman–Crippen LogP) is 11.3. The zero-order chi connectivity index (χ0) is 25.7. The monoisotopic (exact) mass is 513 g/mol. The summed E-state index contributed by atoms with van der Waals surface area (Å²) in [5.41, 5.74) is 7.06. The predicted molar refractivity (Wildman–Crippen MR) is 163 cm³/mol. The number of nitrogens with zero attached hydrogens (tertiary/aromatic N) is 1. The Morgan fingerprint density at radius 1 is 0.514 bits per heavy atom. The molecule has 0 unspecified atom stereocenters. The maximum absolute atomic E-state index is 2.54. The lowest BCUT2D eigenvalue weighted by molar-refractivity contribution is 0.607. The van der Waals surface area contributed by atoms with Gasteiger partial charge in [0.1, 0.15) is 0 Å². The summed E-state index contributed by atoms with van der Waals surface area (Å²) in [4.78, 5) is 5.38. The molecule has 0 saturated carbocycles. The third-order valence-corrected chi connectivity index (χ3v) is 8.77. The van der Waals surface area contributed by atoms with Gasteiger partial charge in [-0.2, -0.15) is 0 Å². The molecule has 0 radical (unpaired) electrons. The van der Waals surface area contributed by atoms with Crippen LogP contribution in [0.4, 0.5) is 11.4 Å². The van der Waals surface area contributed by atoms with Crippen LogP contribution in [-0.4, -0.2) is 0 Å². The summed E-state index contributed by atoms with van der Waals surface area (Å²) in [6.07, 6.45) is 18.7. The second-order valence-corrected chi connectivity index (χ2v) is 11.9. The normalized spacial score (nSPS) is 12.4. The first-order valence-corrected chi connectivity index (χ1v) is 15.8. The molecule has 4 rings (SSSR count). The van der Waals surface area contributed by atoms with E-state index in [1.807, 2.05) is 11.8 Å². The van der Waals surface area contributed by atoms with Crippen molar-refractivity contribution in [2.45, 2.75) is 120 Å². The zero-order valence-electron chi connectivity index (χ0n) is 23.3. The van der Waals surface area contributed by atoms with Crippen molar-refractivity contribution in [3.8, 4) is 0 Å². The molecule has 0 spiro atoms. The van der Waals surface area contributed by atoms with Crippen molar-refractivity contribution in [3.63, 3.8) is 0 Å². The van der Waals surface area contributed by atoms with Crippen molar-refractivity contribution in [3.05, 3.63) is 83.4 Å². The summed E-state index contributed by atoms with van der Waals surface area (Å²) >= 11 is 1.98. The topological polar surface area (TPSA) is 3.24 Å². The first kappa shape index (κ1) is 27.8. The molecule has 198 valence electrons. The van der Waals surface area contributed by atoms with Crippen molar-refractivity contribution in [1.29, 1.82) is 0 Å². The third-order valence-electron chi connectivity index (χ3n) is 7.67. The molecule has 37 heavy (non-hydrogen) atoms. The molecule has 2 heteroatoms. The highest BCUT2D eigenvalue weighted by Crippen LogP contribution is 2.49. The minimum atomic E-state index is 0.912. The largest absolute Gasteiger partial charge is 0.335 e. The second kappa shape index (κ2) is 15.3. The van der Waals surface area contributed by atoms with Crippen LogP contribution in [0.25, 0.3) is 0 Å². The number of hydrogen-bond acceptors (Lipinski definition) is 2. The molecule has 0 N–H and O–H groups in total. The number of fused-ring (bicyclic) bond motifs is 2. The molecule has 0 saturated heterocycles. The molecule has 1 nitrogen and oxygen atoms in total. The Morgan fingerprint density at radius 2 is 1.00 bits per heavy atom. The second-order valence-electron chi connectivity index (χ2n) is 10.8. The lowest BCUT2D eigenvalue weighted by Crippen LogP contribution is -2.20. The summed E-state index contributed by atoms with van der Waals surface area (Å²) in [6.45, 7) is 5.50. The molecule has 1 aliphatic heterocycles. The lowest BCUT2D eigenvalue weighted by atomic mass is 10.0. The Morgan fingerprint density at radius 3 is 1.51 bits per heavy atom. The van der Waals surface area contributed by atoms with E-state index in [-0.39, 0.29) is 0 Å². The Hall–Kier alpha value is -2.19. The van der Waals surface area contributed by atoms with Gasteiger partial charge in [-0.05, 0) is 66.6 Å². The Labute approximate surface area is 231 Å². The van der Waals surface area contributed by atoms with Gasteiger partial charge in [0.05, 0.1) is 11.4 Å². The molecule has 0 fully saturated rings. The molecular formula is C35H47NS. The maximum Gasteiger partial charge on any atom is 0.0556 e. The van der Waals surface area contributed by atoms with Gasteiger partial charge < -0.3 is 4.90 Å². The molecule has 0 amide bonds. The van der Waals surface area contributed by atoms with Gasteiger partial charge in [0.25, 0.3) is 0 Å². The van der Waals surface area contributed by atoms with Crippen LogP contribution in [-0.2, 0) is 19.4 Å². The number of aryl methyl sites for hydroxylation is 2. The average molecular weight is 514 g/mol. The standard InChI is InChI=1S/C35H47NS/c1-3-5-7-9-11-14-18-29-22-24-32-34(26-29)37-35-27-30(19-15-12-10-8-6-4-2)23-25-33(35)36(32)28-31-20-16-13-17-21-31/h13,16-17,20-27H,3-12,14-15,18-19,28H2,1-2H3. The molecule has 3 aromatic carbocycles. The van der Waals surface area contributed by atoms with Crippen LogP contribution in [0.3, 0.4) is 0 Å². The van der Waals surface area contributed by atoms with Crippen LogP contribution in [0.2, 0.25) is 0 Å². The average Bonchev–Trinajstić information content (AvgIpc) is 2.92. The van der Waals surface area contributed by atoms with E-state index in [4.69, 9.17) is 0 Å². The van der Waals surface area contributed by atoms with Crippen molar-refractivity contribution in [2.75, 3.05) is 4.90 Å². The van der Waals surface area contributed by atoms with E-state index in [1.54, 1.807) is 0 Å². The van der Waals surface area contributed by atoms with Crippen LogP contribution >= 0.6 is 11.8 Å². The molecule has 1 aliphatic rings. The van der Waals surface area contributed by atoms with Crippen LogP contribution < -0.4 is 4.90 Å². The van der Waals surface area contributed by atoms with Gasteiger partial charge in [-0.25, -0.2) is 0 Å². The summed E-state index contributed by atoms with van der Waals surface area (Å²) < 4.78 is 0. The van der Waals surface area contributed by atoms with Crippen LogP contribution in [0.15, 0.2) is 76.5 Å². The van der Waals surface area contributed by atoms with Gasteiger partial charge in [0.2, 0.25) is 0 Å². The van der Waals surface area contributed by atoms with Crippen LogP contribution in [0, 0.1) is 0 Å². The van der Waals surface area contributed by atoms with Crippen molar-refractivity contribution >= 4 is 23.1 Å². The van der Waals surface area contributed by atoms with Crippen LogP contribution in [0.5, 0.6) is 0 Å². The fourth-order valence-corrected chi connectivity index (χ4v) is 6.66. The summed E-state index contributed by atoms with van der Waals surface area (Å²) in [5.74, 6) is 0. The van der Waals surface area contributed by atoms with E-state index in [9.17, 15) is 0 Å². The third kappa shape index (κ3) is 8.40. The number of benzene rings is 3. The van der Waals surface area contributed by atoms with E-state index in [1.165, 1.54) is 128 Å². The van der Waals surface area contributed by atoms with Gasteiger partial charge in [-0.3, -0.25) is 0 Å². The fourth-order valence-electron chi connectivity index (χ4n) is 5.44. The van der Waals surface area contributed by atoms with Crippen molar-refractivity contribution in [2.24, 2.45) is 0 Å². The minimum Gasteiger partial charge on any atom is -0.335 e. The molecule has 0 bridgehead atoms. The maximum atomic E-state index is 2.54. The van der Waals surface area contributed by atoms with Gasteiger partial charge in [-0.1, -0.05) is 132 Å². The fraction of sp³-hybridized carbons (Fsp3) is 0.486. The Balaban J connectivity index is 1.47. The minimum absolute atomic E-state index is 0.912. The van der Waals surface area contributed by atoms with Gasteiger partial charge in [0, 0.05) is 16.3 Å². The Bertz CT molecular complexity index is 1010. The van der Waals surface area contributed by atoms with E-state index >= 15 is 0 Å². The van der Waals surface area contributed by atoms with Gasteiger partial charge >= 0.3 is 0 Å². The quantitative estimate of drug-likeness (QED) is 0.175. The first-order chi connectivity index (χ1) is 18.3. The highest BCUT2D eigenvalue weighted by Gasteiger charge is 2.24. The molecular weight excluding hydrogens is 466 g/mol. The summed E-state index contributed by atoms with van der Waals surface area (Å²) in [7, 11) is 0. The van der Waals surface area contributed by atoms with Crippen LogP contribution in [0.1, 0.15) is 108 Å². The van der Waals surface area contributed by atoms with E-state index in [0.717, 1.165) is 6.54 Å². The molecule has 0 atom stereocenters. The van der Waals surface area contributed by atoms with Crippen molar-refractivity contribution < 1.29 is 0 Å². The highest BCUT2D eigenvalue weighted by molar-refractivity contribution is 7.99. The first-order valence-electron chi connectivity index (χ1n) is 15.0. The van der Waals surface area contributed by atoms with Gasteiger partial charge in [0.15, 0.2) is 0 Å². The van der Waals surface area contributed by atoms with E-state index in [0.29, 0.717) is 0 Å². The SMILES string of the molecule is CCCCCCCCc1ccc2c(c1)Sc1cc(CCCCCCCC)ccc1N2Cc1ccccc1. The number of rotatable bonds is 16.